The second-order valence-electron chi connectivity index (χ2n) is 4.82. The summed E-state index contributed by atoms with van der Waals surface area (Å²) in [7, 11) is -1.58. The van der Waals surface area contributed by atoms with Crippen molar-refractivity contribution in [3.63, 3.8) is 0 Å². The fourth-order valence-corrected chi connectivity index (χ4v) is 1.36. The van der Waals surface area contributed by atoms with Gasteiger partial charge in [-0.3, -0.25) is 0 Å². The molecule has 0 radical (unpaired) electrons. The van der Waals surface area contributed by atoms with Gasteiger partial charge in [-0.15, -0.1) is 0 Å². The molecule has 0 atom stereocenters. The quantitative estimate of drug-likeness (QED) is 0.413. The molecule has 0 spiro atoms. The van der Waals surface area contributed by atoms with Gasteiger partial charge in [0.15, 0.2) is 0 Å². The van der Waals surface area contributed by atoms with Crippen molar-refractivity contribution in [2.24, 2.45) is 0 Å². The summed E-state index contributed by atoms with van der Waals surface area (Å²) in [5, 5.41) is 37.3. The van der Waals surface area contributed by atoms with Gasteiger partial charge in [0, 0.05) is 5.56 Å². The van der Waals surface area contributed by atoms with Crippen LogP contribution in [0.3, 0.4) is 0 Å². The fraction of sp³-hybridized carbons (Fsp3) is 0.455. The standard InChI is InChI=1S/C11H17BO5/c1-10(2,3)17-11(13,14)8-4-6-9(7-5-8)12(15)16/h4-7,13-16H,1-3H3. The van der Waals surface area contributed by atoms with Gasteiger partial charge < -0.3 is 25.0 Å². The Labute approximate surface area is 100 Å². The molecule has 0 saturated heterocycles. The number of aliphatic hydroxyl groups is 2. The minimum absolute atomic E-state index is 0.122. The zero-order valence-corrected chi connectivity index (χ0v) is 10.1. The molecule has 0 saturated carbocycles. The highest BCUT2D eigenvalue weighted by molar-refractivity contribution is 6.58. The van der Waals surface area contributed by atoms with E-state index in [9.17, 15) is 10.2 Å². The van der Waals surface area contributed by atoms with Crippen LogP contribution in [0.2, 0.25) is 0 Å². The molecule has 0 fully saturated rings. The van der Waals surface area contributed by atoms with Crippen LogP contribution < -0.4 is 5.46 Å². The minimum atomic E-state index is -2.41. The highest BCUT2D eigenvalue weighted by Gasteiger charge is 2.32. The van der Waals surface area contributed by atoms with Gasteiger partial charge >= 0.3 is 13.1 Å². The van der Waals surface area contributed by atoms with Crippen molar-refractivity contribution >= 4 is 12.6 Å². The van der Waals surface area contributed by atoms with Gasteiger partial charge in [0.05, 0.1) is 5.60 Å². The minimum Gasteiger partial charge on any atom is -0.423 e. The molecule has 0 aliphatic rings. The Morgan fingerprint density at radius 3 is 1.82 bits per heavy atom. The van der Waals surface area contributed by atoms with E-state index in [0.29, 0.717) is 0 Å². The van der Waals surface area contributed by atoms with Crippen molar-refractivity contribution in [1.29, 1.82) is 0 Å². The van der Waals surface area contributed by atoms with Crippen molar-refractivity contribution in [2.75, 3.05) is 0 Å². The number of rotatable bonds is 3. The van der Waals surface area contributed by atoms with Crippen LogP contribution in [-0.2, 0) is 10.7 Å². The molecule has 94 valence electrons. The Kier molecular flexibility index (Phi) is 3.96. The summed E-state index contributed by atoms with van der Waals surface area (Å²) in [6.07, 6.45) is 0. The zero-order valence-electron chi connectivity index (χ0n) is 10.1. The Bertz CT molecular complexity index is 366. The maximum absolute atomic E-state index is 9.76. The van der Waals surface area contributed by atoms with E-state index in [4.69, 9.17) is 14.8 Å². The van der Waals surface area contributed by atoms with Crippen molar-refractivity contribution in [2.45, 2.75) is 32.3 Å². The summed E-state index contributed by atoms with van der Waals surface area (Å²) in [4.78, 5) is 0. The molecule has 1 rings (SSSR count). The molecule has 6 heteroatoms. The molecule has 0 aliphatic heterocycles. The Balaban J connectivity index is 2.92. The molecule has 5 nitrogen and oxygen atoms in total. The molecule has 0 aromatic heterocycles. The van der Waals surface area contributed by atoms with Gasteiger partial charge in [-0.05, 0) is 26.2 Å². The van der Waals surface area contributed by atoms with Gasteiger partial charge in [-0.25, -0.2) is 0 Å². The van der Waals surface area contributed by atoms with Crippen molar-refractivity contribution in [1.82, 2.24) is 0 Å². The van der Waals surface area contributed by atoms with Crippen LogP contribution in [-0.4, -0.2) is 33.0 Å². The lowest BCUT2D eigenvalue weighted by Crippen LogP contribution is -2.38. The number of ether oxygens (including phenoxy) is 1. The van der Waals surface area contributed by atoms with Crippen LogP contribution in [0.1, 0.15) is 26.3 Å². The summed E-state index contributed by atoms with van der Waals surface area (Å²) in [6.45, 7) is 5.08. The van der Waals surface area contributed by atoms with Crippen molar-refractivity contribution < 1.29 is 25.0 Å². The van der Waals surface area contributed by atoms with Crippen molar-refractivity contribution in [3.8, 4) is 0 Å². The Morgan fingerprint density at radius 2 is 1.47 bits per heavy atom. The van der Waals surface area contributed by atoms with Gasteiger partial charge in [0.25, 0.3) is 0 Å². The molecule has 0 amide bonds. The lowest BCUT2D eigenvalue weighted by molar-refractivity contribution is -0.380. The highest BCUT2D eigenvalue weighted by atomic mass is 16.8. The average molecular weight is 240 g/mol. The third-order valence-electron chi connectivity index (χ3n) is 2.03. The molecule has 4 N–H and O–H groups in total. The second-order valence-corrected chi connectivity index (χ2v) is 4.82. The SMILES string of the molecule is CC(C)(C)OC(O)(O)c1ccc(B(O)O)cc1. The van der Waals surface area contributed by atoms with Gasteiger partial charge in [-0.2, -0.15) is 0 Å². The monoisotopic (exact) mass is 240 g/mol. The first kappa shape index (κ1) is 14.1. The van der Waals surface area contributed by atoms with E-state index in [1.807, 2.05) is 0 Å². The topological polar surface area (TPSA) is 90.2 Å². The first-order valence-corrected chi connectivity index (χ1v) is 5.23. The van der Waals surface area contributed by atoms with E-state index in [1.54, 1.807) is 20.8 Å². The van der Waals surface area contributed by atoms with E-state index in [0.717, 1.165) is 0 Å². The maximum atomic E-state index is 9.76. The molecule has 17 heavy (non-hydrogen) atoms. The average Bonchev–Trinajstić information content (AvgIpc) is 2.14. The summed E-state index contributed by atoms with van der Waals surface area (Å²) in [5.41, 5.74) is -0.337. The first-order valence-electron chi connectivity index (χ1n) is 5.23. The van der Waals surface area contributed by atoms with E-state index < -0.39 is 18.7 Å². The first-order chi connectivity index (χ1) is 7.62. The summed E-state index contributed by atoms with van der Waals surface area (Å²) in [6, 6.07) is 5.49. The van der Waals surface area contributed by atoms with Gasteiger partial charge in [0.2, 0.25) is 0 Å². The zero-order chi connectivity index (χ0) is 13.3. The molecular formula is C11H17BO5. The third-order valence-corrected chi connectivity index (χ3v) is 2.03. The molecule has 0 aliphatic carbocycles. The van der Waals surface area contributed by atoms with Gasteiger partial charge in [0.1, 0.15) is 0 Å². The molecule has 0 unspecified atom stereocenters. The second kappa shape index (κ2) is 4.76. The molecule has 0 bridgehead atoms. The van der Waals surface area contributed by atoms with Crippen LogP contribution >= 0.6 is 0 Å². The van der Waals surface area contributed by atoms with Crippen LogP contribution in [0.5, 0.6) is 0 Å². The lowest BCUT2D eigenvalue weighted by Gasteiger charge is -2.30. The van der Waals surface area contributed by atoms with Crippen LogP contribution in [0.15, 0.2) is 24.3 Å². The van der Waals surface area contributed by atoms with Crippen LogP contribution in [0, 0.1) is 0 Å². The van der Waals surface area contributed by atoms with Crippen LogP contribution in [0.25, 0.3) is 0 Å². The number of benzene rings is 1. The highest BCUT2D eigenvalue weighted by Crippen LogP contribution is 2.24. The van der Waals surface area contributed by atoms with E-state index in [1.165, 1.54) is 24.3 Å². The third kappa shape index (κ3) is 4.10. The lowest BCUT2D eigenvalue weighted by atomic mass is 9.80. The maximum Gasteiger partial charge on any atom is 0.488 e. The number of hydrogen-bond acceptors (Lipinski definition) is 5. The summed E-state index contributed by atoms with van der Waals surface area (Å²) < 4.78 is 5.10. The Morgan fingerprint density at radius 1 is 1.00 bits per heavy atom. The largest absolute Gasteiger partial charge is 0.488 e. The normalized spacial score (nSPS) is 12.6. The molecular weight excluding hydrogens is 223 g/mol. The fourth-order valence-electron chi connectivity index (χ4n) is 1.36. The predicted octanol–water partition coefficient (Wildman–Crippen LogP) is -0.724. The van der Waals surface area contributed by atoms with E-state index in [2.05, 4.69) is 0 Å². The van der Waals surface area contributed by atoms with E-state index in [-0.39, 0.29) is 11.0 Å². The van der Waals surface area contributed by atoms with Crippen LogP contribution in [0.4, 0.5) is 0 Å². The van der Waals surface area contributed by atoms with Crippen molar-refractivity contribution in [3.05, 3.63) is 29.8 Å². The smallest absolute Gasteiger partial charge is 0.423 e. The van der Waals surface area contributed by atoms with Gasteiger partial charge in [-0.1, -0.05) is 24.3 Å². The van der Waals surface area contributed by atoms with E-state index >= 15 is 0 Å². The molecule has 1 aromatic rings. The summed E-state index contributed by atoms with van der Waals surface area (Å²) >= 11 is 0. The predicted molar refractivity (Wildman–Crippen MR) is 63.2 cm³/mol. The number of hydrogen-bond donors (Lipinski definition) is 4. The molecule has 0 heterocycles. The Hall–Kier alpha value is -0.915. The molecule has 1 aromatic carbocycles. The summed E-state index contributed by atoms with van der Waals surface area (Å²) in [5.74, 6) is -2.41.